The first-order valence-corrected chi connectivity index (χ1v) is 6.61. The van der Waals surface area contributed by atoms with Gasteiger partial charge in [-0.05, 0) is 24.4 Å². The van der Waals surface area contributed by atoms with E-state index in [9.17, 15) is 4.79 Å². The maximum absolute atomic E-state index is 11.8. The molecular formula is C10H9NOS3. The third kappa shape index (κ3) is 2.14. The average molecular weight is 255 g/mol. The van der Waals surface area contributed by atoms with Crippen LogP contribution in [0.1, 0.15) is 11.8 Å². The van der Waals surface area contributed by atoms with E-state index in [1.807, 2.05) is 30.5 Å². The van der Waals surface area contributed by atoms with Gasteiger partial charge >= 0.3 is 0 Å². The normalized spacial score (nSPS) is 19.3. The minimum atomic E-state index is 0.0286. The predicted molar refractivity (Wildman–Crippen MR) is 69.9 cm³/mol. The van der Waals surface area contributed by atoms with Crippen LogP contribution in [0.4, 0.5) is 0 Å². The van der Waals surface area contributed by atoms with Gasteiger partial charge in [0.05, 0.1) is 4.91 Å². The summed E-state index contributed by atoms with van der Waals surface area (Å²) in [5.74, 6) is 0.0286. The zero-order valence-corrected chi connectivity index (χ0v) is 10.5. The van der Waals surface area contributed by atoms with Crippen molar-refractivity contribution in [2.75, 3.05) is 6.54 Å². The first-order chi connectivity index (χ1) is 7.22. The molecule has 1 aromatic heterocycles. The molecule has 0 aliphatic carbocycles. The van der Waals surface area contributed by atoms with Crippen molar-refractivity contribution in [2.24, 2.45) is 0 Å². The third-order valence-electron chi connectivity index (χ3n) is 2.01. The molecule has 1 aliphatic heterocycles. The van der Waals surface area contributed by atoms with Gasteiger partial charge < -0.3 is 0 Å². The summed E-state index contributed by atoms with van der Waals surface area (Å²) in [5.41, 5.74) is 0. The van der Waals surface area contributed by atoms with Crippen molar-refractivity contribution >= 4 is 51.6 Å². The molecule has 0 spiro atoms. The van der Waals surface area contributed by atoms with Gasteiger partial charge in [0, 0.05) is 11.4 Å². The van der Waals surface area contributed by atoms with Crippen LogP contribution in [0.2, 0.25) is 0 Å². The zero-order chi connectivity index (χ0) is 10.8. The summed E-state index contributed by atoms with van der Waals surface area (Å²) in [6.07, 6.45) is 1.90. The lowest BCUT2D eigenvalue weighted by molar-refractivity contribution is -0.121. The first kappa shape index (κ1) is 10.9. The van der Waals surface area contributed by atoms with Gasteiger partial charge in [0.2, 0.25) is 0 Å². The molecule has 1 fully saturated rings. The number of thiocarbonyl (C=S) groups is 1. The van der Waals surface area contributed by atoms with Crippen molar-refractivity contribution in [1.82, 2.24) is 4.90 Å². The SMILES string of the molecule is CCN1C(=O)C(=Cc2cccs2)SC1=S. The fraction of sp³-hybridized carbons (Fsp3) is 0.200. The number of thioether (sulfide) groups is 1. The Labute approximate surface area is 102 Å². The van der Waals surface area contributed by atoms with E-state index in [-0.39, 0.29) is 5.91 Å². The lowest BCUT2D eigenvalue weighted by Gasteiger charge is -2.09. The van der Waals surface area contributed by atoms with Crippen LogP contribution in [0.3, 0.4) is 0 Å². The topological polar surface area (TPSA) is 20.3 Å². The molecule has 2 rings (SSSR count). The molecule has 0 N–H and O–H groups in total. The van der Waals surface area contributed by atoms with Gasteiger partial charge in [-0.25, -0.2) is 0 Å². The van der Waals surface area contributed by atoms with E-state index < -0.39 is 0 Å². The second-order valence-electron chi connectivity index (χ2n) is 2.94. The molecule has 0 bridgehead atoms. The van der Waals surface area contributed by atoms with E-state index in [0.29, 0.717) is 10.9 Å². The van der Waals surface area contributed by atoms with Crippen LogP contribution < -0.4 is 0 Å². The largest absolute Gasteiger partial charge is 0.293 e. The number of amides is 1. The highest BCUT2D eigenvalue weighted by molar-refractivity contribution is 8.26. The summed E-state index contributed by atoms with van der Waals surface area (Å²) in [5, 5.41) is 1.99. The quantitative estimate of drug-likeness (QED) is 0.598. The number of carbonyl (C=O) groups excluding carboxylic acids is 1. The Bertz CT molecular complexity index is 422. The molecule has 1 aliphatic rings. The standard InChI is InChI=1S/C10H9NOS3/c1-2-11-9(12)8(15-10(11)13)6-7-4-3-5-14-7/h3-6H,2H2,1H3. The van der Waals surface area contributed by atoms with Crippen molar-refractivity contribution in [3.63, 3.8) is 0 Å². The molecule has 0 atom stereocenters. The van der Waals surface area contributed by atoms with Crippen molar-refractivity contribution < 1.29 is 4.79 Å². The highest BCUT2D eigenvalue weighted by atomic mass is 32.2. The number of hydrogen-bond acceptors (Lipinski definition) is 4. The Kier molecular flexibility index (Phi) is 3.23. The van der Waals surface area contributed by atoms with Gasteiger partial charge in [0.15, 0.2) is 0 Å². The molecule has 0 radical (unpaired) electrons. The van der Waals surface area contributed by atoms with Crippen LogP contribution in [0.15, 0.2) is 22.4 Å². The van der Waals surface area contributed by atoms with Gasteiger partial charge in [-0.1, -0.05) is 30.0 Å². The number of carbonyl (C=O) groups is 1. The number of nitrogens with zero attached hydrogens (tertiary/aromatic N) is 1. The van der Waals surface area contributed by atoms with Crippen LogP contribution >= 0.6 is 35.3 Å². The monoisotopic (exact) mass is 255 g/mol. The van der Waals surface area contributed by atoms with Gasteiger partial charge in [0.1, 0.15) is 4.32 Å². The second-order valence-corrected chi connectivity index (χ2v) is 5.60. The van der Waals surface area contributed by atoms with Crippen LogP contribution in [0.5, 0.6) is 0 Å². The highest BCUT2D eigenvalue weighted by Crippen LogP contribution is 2.32. The van der Waals surface area contributed by atoms with E-state index in [4.69, 9.17) is 12.2 Å². The Morgan fingerprint density at radius 1 is 1.60 bits per heavy atom. The molecule has 0 unspecified atom stereocenters. The van der Waals surface area contributed by atoms with E-state index in [0.717, 1.165) is 9.78 Å². The van der Waals surface area contributed by atoms with Crippen LogP contribution in [0, 0.1) is 0 Å². The molecule has 1 aromatic rings. The Hall–Kier alpha value is -0.650. The average Bonchev–Trinajstić information content (AvgIpc) is 2.78. The van der Waals surface area contributed by atoms with Crippen LogP contribution in [0.25, 0.3) is 6.08 Å². The van der Waals surface area contributed by atoms with Gasteiger partial charge in [-0.15, -0.1) is 11.3 Å². The summed E-state index contributed by atoms with van der Waals surface area (Å²) in [7, 11) is 0. The summed E-state index contributed by atoms with van der Waals surface area (Å²) >= 11 is 8.12. The number of rotatable bonds is 2. The van der Waals surface area contributed by atoms with Crippen LogP contribution in [-0.4, -0.2) is 21.7 Å². The fourth-order valence-corrected chi connectivity index (χ4v) is 3.38. The second kappa shape index (κ2) is 4.47. The summed E-state index contributed by atoms with van der Waals surface area (Å²) in [6, 6.07) is 3.96. The van der Waals surface area contributed by atoms with Crippen molar-refractivity contribution in [3.8, 4) is 0 Å². The zero-order valence-electron chi connectivity index (χ0n) is 8.10. The minimum absolute atomic E-state index is 0.0286. The van der Waals surface area contributed by atoms with Gasteiger partial charge in [-0.2, -0.15) is 0 Å². The van der Waals surface area contributed by atoms with E-state index >= 15 is 0 Å². The first-order valence-electron chi connectivity index (χ1n) is 4.51. The molecule has 2 nitrogen and oxygen atoms in total. The Morgan fingerprint density at radius 2 is 2.40 bits per heavy atom. The highest BCUT2D eigenvalue weighted by Gasteiger charge is 2.30. The molecule has 2 heterocycles. The molecule has 15 heavy (non-hydrogen) atoms. The molecule has 5 heteroatoms. The van der Waals surface area contributed by atoms with Gasteiger partial charge in [-0.3, -0.25) is 9.69 Å². The molecule has 78 valence electrons. The van der Waals surface area contributed by atoms with Crippen molar-refractivity contribution in [3.05, 3.63) is 27.3 Å². The van der Waals surface area contributed by atoms with E-state index in [2.05, 4.69) is 0 Å². The maximum atomic E-state index is 11.8. The van der Waals surface area contributed by atoms with Gasteiger partial charge in [0.25, 0.3) is 5.91 Å². The molecule has 1 saturated heterocycles. The lowest BCUT2D eigenvalue weighted by atomic mass is 10.4. The maximum Gasteiger partial charge on any atom is 0.266 e. The van der Waals surface area contributed by atoms with Crippen molar-refractivity contribution in [2.45, 2.75) is 6.92 Å². The number of hydrogen-bond donors (Lipinski definition) is 0. The summed E-state index contributed by atoms with van der Waals surface area (Å²) in [4.78, 5) is 15.3. The molecule has 1 amide bonds. The predicted octanol–water partition coefficient (Wildman–Crippen LogP) is 2.97. The molecular weight excluding hydrogens is 246 g/mol. The fourth-order valence-electron chi connectivity index (χ4n) is 1.28. The third-order valence-corrected chi connectivity index (χ3v) is 4.20. The number of thiophene rings is 1. The summed E-state index contributed by atoms with van der Waals surface area (Å²) in [6.45, 7) is 2.57. The van der Waals surface area contributed by atoms with E-state index in [1.54, 1.807) is 16.2 Å². The Morgan fingerprint density at radius 3 is 2.93 bits per heavy atom. The number of likely N-dealkylation sites (N-methyl/N-ethyl adjacent to an activating group) is 1. The van der Waals surface area contributed by atoms with Crippen molar-refractivity contribution in [1.29, 1.82) is 0 Å². The molecule has 0 saturated carbocycles. The van der Waals surface area contributed by atoms with E-state index in [1.165, 1.54) is 11.8 Å². The minimum Gasteiger partial charge on any atom is -0.293 e. The summed E-state index contributed by atoms with van der Waals surface area (Å²) < 4.78 is 0.658. The lowest BCUT2D eigenvalue weighted by Crippen LogP contribution is -2.27. The van der Waals surface area contributed by atoms with Crippen LogP contribution in [-0.2, 0) is 4.79 Å². The molecule has 0 aromatic carbocycles. The Balaban J connectivity index is 2.26. The smallest absolute Gasteiger partial charge is 0.266 e.